The zero-order valence-corrected chi connectivity index (χ0v) is 17.9. The van der Waals surface area contributed by atoms with Crippen LogP contribution in [0.15, 0.2) is 72.8 Å². The van der Waals surface area contributed by atoms with Crippen LogP contribution in [0.4, 0.5) is 10.1 Å². The second kappa shape index (κ2) is 7.97. The topological polar surface area (TPSA) is 84.7 Å². The van der Waals surface area contributed by atoms with E-state index in [1.165, 1.54) is 6.07 Å². The molecule has 0 radical (unpaired) electrons. The van der Waals surface area contributed by atoms with Gasteiger partial charge in [0.25, 0.3) is 11.9 Å². The van der Waals surface area contributed by atoms with Crippen LogP contribution in [0, 0.1) is 15.9 Å². The zero-order valence-electron chi connectivity index (χ0n) is 17.9. The minimum atomic E-state index is -1.37. The van der Waals surface area contributed by atoms with Gasteiger partial charge in [-0.3, -0.25) is 19.8 Å². The van der Waals surface area contributed by atoms with E-state index in [9.17, 15) is 19.3 Å². The van der Waals surface area contributed by atoms with Crippen LogP contribution < -0.4 is 10.1 Å². The second-order valence-electron chi connectivity index (χ2n) is 8.43. The van der Waals surface area contributed by atoms with Gasteiger partial charge in [-0.2, -0.15) is 0 Å². The molecule has 1 saturated heterocycles. The van der Waals surface area contributed by atoms with Gasteiger partial charge in [-0.15, -0.1) is 0 Å². The summed E-state index contributed by atoms with van der Waals surface area (Å²) < 4.78 is 19.5. The van der Waals surface area contributed by atoms with Crippen LogP contribution in [0.25, 0.3) is 0 Å². The highest BCUT2D eigenvalue weighted by atomic mass is 19.1. The molecule has 0 aromatic heterocycles. The molecule has 1 fully saturated rings. The molecule has 3 aromatic rings. The number of ether oxygens (including phenoxy) is 1. The predicted molar refractivity (Wildman–Crippen MR) is 120 cm³/mol. The maximum atomic E-state index is 13.8. The van der Waals surface area contributed by atoms with Gasteiger partial charge in [-0.25, -0.2) is 4.39 Å². The Morgan fingerprint density at radius 1 is 1.12 bits per heavy atom. The van der Waals surface area contributed by atoms with Crippen molar-refractivity contribution >= 4 is 11.6 Å². The molecule has 0 aliphatic carbocycles. The number of likely N-dealkylation sites (tertiary alicyclic amines) is 1. The fraction of sp³-hybridized carbons (Fsp3) is 0.240. The standard InChI is InChI=1S/C25H22FN3O4/c1-28-14-19(16-10-12-18(13-11-16)33-15-17-6-2-4-8-21(17)26)23(29(31)32)25(28)20-7-3-5-9-22(20)27-24(25)30/h2-13,19,23H,14-15H2,1H3,(H,27,30)/t19-,23-,25+/m1/s1. The Labute approximate surface area is 189 Å². The van der Waals surface area contributed by atoms with Crippen molar-refractivity contribution in [3.63, 3.8) is 0 Å². The van der Waals surface area contributed by atoms with Gasteiger partial charge in [-0.1, -0.05) is 48.5 Å². The smallest absolute Gasteiger partial charge is 0.256 e. The Morgan fingerprint density at radius 3 is 2.55 bits per heavy atom. The first-order valence-corrected chi connectivity index (χ1v) is 10.6. The summed E-state index contributed by atoms with van der Waals surface area (Å²) in [5, 5.41) is 15.2. The summed E-state index contributed by atoms with van der Waals surface area (Å²) in [6.45, 7) is 0.429. The molecule has 2 aliphatic heterocycles. The largest absolute Gasteiger partial charge is 0.489 e. The van der Waals surface area contributed by atoms with Crippen LogP contribution in [0.5, 0.6) is 5.75 Å². The number of nitro groups is 1. The number of fused-ring (bicyclic) bond motifs is 2. The first-order chi connectivity index (χ1) is 15.9. The highest BCUT2D eigenvalue weighted by Crippen LogP contribution is 2.51. The number of anilines is 1. The lowest BCUT2D eigenvalue weighted by Crippen LogP contribution is -2.54. The van der Waals surface area contributed by atoms with Crippen molar-refractivity contribution in [2.45, 2.75) is 24.1 Å². The number of hydrogen-bond donors (Lipinski definition) is 1. The molecule has 8 heteroatoms. The second-order valence-corrected chi connectivity index (χ2v) is 8.43. The Hall–Kier alpha value is -3.78. The van der Waals surface area contributed by atoms with E-state index in [0.29, 0.717) is 29.1 Å². The lowest BCUT2D eigenvalue weighted by molar-refractivity contribution is -0.534. The summed E-state index contributed by atoms with van der Waals surface area (Å²) in [6, 6.07) is 19.4. The fourth-order valence-corrected chi connectivity index (χ4v) is 5.17. The Balaban J connectivity index is 1.43. The molecule has 3 atom stereocenters. The van der Waals surface area contributed by atoms with Crippen molar-refractivity contribution in [2.75, 3.05) is 18.9 Å². The SMILES string of the molecule is CN1C[C@H](c2ccc(OCc3ccccc3F)cc2)[C@@H]([N+](=O)[O-])[C@@]12C(=O)Nc1ccccc12. The molecule has 0 saturated carbocycles. The van der Waals surface area contributed by atoms with Gasteiger partial charge >= 0.3 is 0 Å². The molecular weight excluding hydrogens is 425 g/mol. The van der Waals surface area contributed by atoms with Crippen molar-refractivity contribution in [3.05, 3.63) is 105 Å². The number of para-hydroxylation sites is 1. The number of rotatable bonds is 5. The molecule has 5 rings (SSSR count). The van der Waals surface area contributed by atoms with Gasteiger partial charge in [0.1, 0.15) is 18.2 Å². The summed E-state index contributed by atoms with van der Waals surface area (Å²) in [5.74, 6) is -0.676. The summed E-state index contributed by atoms with van der Waals surface area (Å²) in [4.78, 5) is 26.9. The third kappa shape index (κ3) is 3.25. The molecular formula is C25H22FN3O4. The number of halogens is 1. The van der Waals surface area contributed by atoms with Gasteiger partial charge in [0, 0.05) is 28.3 Å². The molecule has 33 heavy (non-hydrogen) atoms. The summed E-state index contributed by atoms with van der Waals surface area (Å²) in [7, 11) is 1.75. The predicted octanol–water partition coefficient (Wildman–Crippen LogP) is 3.93. The first-order valence-electron chi connectivity index (χ1n) is 10.6. The number of carbonyl (C=O) groups is 1. The monoisotopic (exact) mass is 447 g/mol. The van der Waals surface area contributed by atoms with Crippen LogP contribution in [-0.2, 0) is 16.9 Å². The van der Waals surface area contributed by atoms with Gasteiger partial charge in [0.15, 0.2) is 5.54 Å². The Bertz CT molecular complexity index is 1230. The minimum absolute atomic E-state index is 0.0791. The van der Waals surface area contributed by atoms with E-state index >= 15 is 0 Å². The first kappa shape index (κ1) is 21.1. The molecule has 3 aromatic carbocycles. The quantitative estimate of drug-likeness (QED) is 0.473. The summed E-state index contributed by atoms with van der Waals surface area (Å²) >= 11 is 0. The molecule has 1 N–H and O–H groups in total. The van der Waals surface area contributed by atoms with E-state index in [1.807, 2.05) is 0 Å². The lowest BCUT2D eigenvalue weighted by Gasteiger charge is -2.30. The number of likely N-dealkylation sites (N-methyl/N-ethyl adjacent to an activating group) is 1. The van der Waals surface area contributed by atoms with E-state index in [4.69, 9.17) is 4.74 Å². The van der Waals surface area contributed by atoms with Gasteiger partial charge < -0.3 is 10.1 Å². The number of nitrogens with one attached hydrogen (secondary N) is 1. The van der Waals surface area contributed by atoms with E-state index < -0.39 is 17.5 Å². The van der Waals surface area contributed by atoms with E-state index in [1.54, 1.807) is 78.7 Å². The van der Waals surface area contributed by atoms with Crippen molar-refractivity contribution < 1.29 is 18.8 Å². The highest BCUT2D eigenvalue weighted by Gasteiger charge is 2.68. The van der Waals surface area contributed by atoms with Crippen LogP contribution in [0.3, 0.4) is 0 Å². The van der Waals surface area contributed by atoms with Crippen LogP contribution in [0.1, 0.15) is 22.6 Å². The van der Waals surface area contributed by atoms with Gasteiger partial charge in [0.2, 0.25) is 0 Å². The van der Waals surface area contributed by atoms with Crippen molar-refractivity contribution in [1.82, 2.24) is 4.90 Å². The summed E-state index contributed by atoms with van der Waals surface area (Å²) in [6.07, 6.45) is 0. The number of amides is 1. The van der Waals surface area contributed by atoms with Gasteiger partial charge in [-0.05, 0) is 36.9 Å². The van der Waals surface area contributed by atoms with Crippen LogP contribution in [-0.4, -0.2) is 35.4 Å². The Morgan fingerprint density at radius 2 is 1.82 bits per heavy atom. The van der Waals surface area contributed by atoms with E-state index in [2.05, 4.69) is 5.32 Å². The maximum absolute atomic E-state index is 13.8. The average Bonchev–Trinajstić information content (AvgIpc) is 3.29. The molecule has 0 bridgehead atoms. The Kier molecular flexibility index (Phi) is 5.09. The fourth-order valence-electron chi connectivity index (χ4n) is 5.17. The van der Waals surface area contributed by atoms with E-state index in [-0.39, 0.29) is 23.3 Å². The number of benzene rings is 3. The van der Waals surface area contributed by atoms with Gasteiger partial charge in [0.05, 0.1) is 5.92 Å². The third-order valence-electron chi connectivity index (χ3n) is 6.70. The third-order valence-corrected chi connectivity index (χ3v) is 6.70. The molecule has 2 aliphatic rings. The van der Waals surface area contributed by atoms with Crippen LogP contribution >= 0.6 is 0 Å². The lowest BCUT2D eigenvalue weighted by atomic mass is 9.79. The molecule has 1 amide bonds. The maximum Gasteiger partial charge on any atom is 0.256 e. The normalized spacial score (nSPS) is 24.0. The molecule has 0 unspecified atom stereocenters. The highest BCUT2D eigenvalue weighted by molar-refractivity contribution is 6.06. The van der Waals surface area contributed by atoms with E-state index in [0.717, 1.165) is 5.56 Å². The molecule has 7 nitrogen and oxygen atoms in total. The average molecular weight is 447 g/mol. The number of nitrogens with zero attached hydrogens (tertiary/aromatic N) is 2. The number of hydrogen-bond acceptors (Lipinski definition) is 5. The van der Waals surface area contributed by atoms with Crippen molar-refractivity contribution in [3.8, 4) is 5.75 Å². The van der Waals surface area contributed by atoms with Crippen LogP contribution in [0.2, 0.25) is 0 Å². The summed E-state index contributed by atoms with van der Waals surface area (Å²) in [5.41, 5.74) is 1.06. The molecule has 1 spiro atoms. The van der Waals surface area contributed by atoms with Crippen molar-refractivity contribution in [2.24, 2.45) is 0 Å². The minimum Gasteiger partial charge on any atom is -0.489 e. The zero-order chi connectivity index (χ0) is 23.2. The molecule has 168 valence electrons. The van der Waals surface area contributed by atoms with Crippen molar-refractivity contribution in [1.29, 1.82) is 0 Å². The number of carbonyl (C=O) groups excluding carboxylic acids is 1. The molecule has 2 heterocycles.